The van der Waals surface area contributed by atoms with Crippen LogP contribution in [0.4, 0.5) is 27.6 Å². The van der Waals surface area contributed by atoms with Gasteiger partial charge in [-0.05, 0) is 36.1 Å². The van der Waals surface area contributed by atoms with Crippen molar-refractivity contribution in [3.63, 3.8) is 0 Å². The van der Waals surface area contributed by atoms with Crippen molar-refractivity contribution in [2.45, 2.75) is 38.9 Å². The predicted molar refractivity (Wildman–Crippen MR) is 84.8 cm³/mol. The molecule has 0 spiro atoms. The number of rotatable bonds is 4. The molecule has 1 atom stereocenters. The van der Waals surface area contributed by atoms with E-state index < -0.39 is 24.7 Å². The molecule has 1 heterocycles. The van der Waals surface area contributed by atoms with Crippen molar-refractivity contribution in [3.05, 3.63) is 29.1 Å². The molecule has 0 saturated carbocycles. The van der Waals surface area contributed by atoms with Crippen molar-refractivity contribution < 1.29 is 22.0 Å². The highest BCUT2D eigenvalue weighted by Gasteiger charge is 2.46. The van der Waals surface area contributed by atoms with Gasteiger partial charge in [0, 0.05) is 31.9 Å². The molecule has 1 aliphatic heterocycles. The second-order valence-corrected chi connectivity index (χ2v) is 6.54. The fourth-order valence-corrected chi connectivity index (χ4v) is 3.39. The lowest BCUT2D eigenvalue weighted by molar-refractivity contribution is -0.184. The minimum Gasteiger partial charge on any atom is -0.368 e. The lowest BCUT2D eigenvalue weighted by Crippen LogP contribution is -2.59. The third-order valence-corrected chi connectivity index (χ3v) is 4.50. The molecule has 0 aliphatic carbocycles. The van der Waals surface area contributed by atoms with Crippen molar-refractivity contribution in [1.29, 1.82) is 0 Å². The van der Waals surface area contributed by atoms with Crippen LogP contribution in [-0.2, 0) is 0 Å². The summed E-state index contributed by atoms with van der Waals surface area (Å²) in [5, 5.41) is 0. The van der Waals surface area contributed by atoms with Crippen LogP contribution in [0.2, 0.25) is 0 Å². The Bertz CT molecular complexity index is 548. The average Bonchev–Trinajstić information content (AvgIpc) is 2.45. The number of alkyl halides is 4. The van der Waals surface area contributed by atoms with E-state index in [4.69, 9.17) is 0 Å². The van der Waals surface area contributed by atoms with Crippen molar-refractivity contribution >= 4 is 5.69 Å². The predicted octanol–water partition coefficient (Wildman–Crippen LogP) is 4.28. The van der Waals surface area contributed by atoms with Crippen LogP contribution in [-0.4, -0.2) is 50.0 Å². The first kappa shape index (κ1) is 19.0. The summed E-state index contributed by atoms with van der Waals surface area (Å²) in [4.78, 5) is 2.65. The SMILES string of the molecule is Cc1cc(N2CCN(CCF)C(C(F)(F)F)C2)cc(F)c1C(C)C. The summed E-state index contributed by atoms with van der Waals surface area (Å²) in [5.41, 5.74) is 1.76. The number of piperazine rings is 1. The summed E-state index contributed by atoms with van der Waals surface area (Å²) in [5.74, 6) is -0.391. The van der Waals surface area contributed by atoms with Gasteiger partial charge >= 0.3 is 6.18 Å². The molecule has 7 heteroatoms. The maximum absolute atomic E-state index is 14.3. The van der Waals surface area contributed by atoms with Crippen LogP contribution in [0.15, 0.2) is 12.1 Å². The summed E-state index contributed by atoms with van der Waals surface area (Å²) in [6.45, 7) is 4.56. The number of nitrogens with zero attached hydrogens (tertiary/aromatic N) is 2. The van der Waals surface area contributed by atoms with E-state index in [9.17, 15) is 22.0 Å². The molecular weight excluding hydrogens is 327 g/mol. The summed E-state index contributed by atoms with van der Waals surface area (Å²) >= 11 is 0. The maximum atomic E-state index is 14.3. The summed E-state index contributed by atoms with van der Waals surface area (Å²) < 4.78 is 66.7. The fourth-order valence-electron chi connectivity index (χ4n) is 3.39. The molecule has 1 aromatic rings. The van der Waals surface area contributed by atoms with Crippen LogP contribution < -0.4 is 4.90 Å². The third-order valence-electron chi connectivity index (χ3n) is 4.50. The molecule has 1 unspecified atom stereocenters. The van der Waals surface area contributed by atoms with Gasteiger partial charge in [-0.25, -0.2) is 8.78 Å². The zero-order valence-electron chi connectivity index (χ0n) is 14.1. The zero-order chi connectivity index (χ0) is 18.1. The number of anilines is 1. The van der Waals surface area contributed by atoms with Crippen LogP contribution in [0.25, 0.3) is 0 Å². The Kier molecular flexibility index (Phi) is 5.73. The number of hydrogen-bond donors (Lipinski definition) is 0. The number of benzene rings is 1. The topological polar surface area (TPSA) is 6.48 Å². The van der Waals surface area contributed by atoms with E-state index in [-0.39, 0.29) is 25.6 Å². The molecule has 2 nitrogen and oxygen atoms in total. The monoisotopic (exact) mass is 350 g/mol. The molecule has 1 aromatic carbocycles. The van der Waals surface area contributed by atoms with Crippen LogP contribution in [0.1, 0.15) is 30.9 Å². The van der Waals surface area contributed by atoms with Gasteiger partial charge < -0.3 is 4.90 Å². The van der Waals surface area contributed by atoms with E-state index in [1.807, 2.05) is 13.8 Å². The van der Waals surface area contributed by atoms with Crippen molar-refractivity contribution in [1.82, 2.24) is 4.90 Å². The van der Waals surface area contributed by atoms with Gasteiger partial charge in [0.1, 0.15) is 18.5 Å². The first-order valence-corrected chi connectivity index (χ1v) is 8.06. The average molecular weight is 350 g/mol. The van der Waals surface area contributed by atoms with E-state index in [0.29, 0.717) is 17.8 Å². The first-order valence-electron chi connectivity index (χ1n) is 8.06. The quantitative estimate of drug-likeness (QED) is 0.748. The molecule has 0 radical (unpaired) electrons. The van der Waals surface area contributed by atoms with Crippen molar-refractivity contribution in [3.8, 4) is 0 Å². The van der Waals surface area contributed by atoms with Crippen molar-refractivity contribution in [2.75, 3.05) is 37.8 Å². The summed E-state index contributed by atoms with van der Waals surface area (Å²) in [7, 11) is 0. The standard InChI is InChI=1S/C17H23F5N2/c1-11(2)16-12(3)8-13(9-14(16)19)24-7-6-23(5-4-18)15(10-24)17(20,21)22/h8-9,11,15H,4-7,10H2,1-3H3. The maximum Gasteiger partial charge on any atom is 0.405 e. The van der Waals surface area contributed by atoms with Crippen LogP contribution >= 0.6 is 0 Å². The van der Waals surface area contributed by atoms with E-state index in [2.05, 4.69) is 0 Å². The van der Waals surface area contributed by atoms with E-state index in [0.717, 1.165) is 10.5 Å². The lowest BCUT2D eigenvalue weighted by atomic mass is 9.96. The molecule has 0 bridgehead atoms. The van der Waals surface area contributed by atoms with Gasteiger partial charge in [0.2, 0.25) is 0 Å². The number of aryl methyl sites for hydroxylation is 1. The van der Waals surface area contributed by atoms with Gasteiger partial charge in [0.25, 0.3) is 0 Å². The molecule has 0 N–H and O–H groups in total. The highest BCUT2D eigenvalue weighted by molar-refractivity contribution is 5.52. The smallest absolute Gasteiger partial charge is 0.368 e. The van der Waals surface area contributed by atoms with Gasteiger partial charge in [-0.3, -0.25) is 4.90 Å². The number of hydrogen-bond acceptors (Lipinski definition) is 2. The summed E-state index contributed by atoms with van der Waals surface area (Å²) in [6, 6.07) is 1.30. The second kappa shape index (κ2) is 7.25. The second-order valence-electron chi connectivity index (χ2n) is 6.54. The molecule has 0 aromatic heterocycles. The van der Waals surface area contributed by atoms with E-state index in [1.165, 1.54) is 11.0 Å². The van der Waals surface area contributed by atoms with Gasteiger partial charge in [-0.2, -0.15) is 13.2 Å². The normalized spacial score (nSPS) is 20.0. The third kappa shape index (κ3) is 3.99. The van der Waals surface area contributed by atoms with Gasteiger partial charge in [-0.15, -0.1) is 0 Å². The fraction of sp³-hybridized carbons (Fsp3) is 0.647. The summed E-state index contributed by atoms with van der Waals surface area (Å²) in [6.07, 6.45) is -4.45. The van der Waals surface area contributed by atoms with Gasteiger partial charge in [0.05, 0.1) is 0 Å². The highest BCUT2D eigenvalue weighted by atomic mass is 19.4. The molecular formula is C17H23F5N2. The molecule has 1 aliphatic rings. The largest absolute Gasteiger partial charge is 0.405 e. The molecule has 0 amide bonds. The lowest BCUT2D eigenvalue weighted by Gasteiger charge is -2.42. The van der Waals surface area contributed by atoms with Crippen molar-refractivity contribution in [2.24, 2.45) is 0 Å². The van der Waals surface area contributed by atoms with Gasteiger partial charge in [-0.1, -0.05) is 13.8 Å². The zero-order valence-corrected chi connectivity index (χ0v) is 14.1. The van der Waals surface area contributed by atoms with Gasteiger partial charge in [0.15, 0.2) is 0 Å². The molecule has 136 valence electrons. The Morgan fingerprint density at radius 3 is 2.38 bits per heavy atom. The van der Waals surface area contributed by atoms with E-state index in [1.54, 1.807) is 13.0 Å². The molecule has 1 fully saturated rings. The first-order chi connectivity index (χ1) is 11.1. The Labute approximate surface area is 139 Å². The minimum absolute atomic E-state index is 0.00313. The Balaban J connectivity index is 2.27. The van der Waals surface area contributed by atoms with Crippen LogP contribution in [0, 0.1) is 12.7 Å². The van der Waals surface area contributed by atoms with Crippen LogP contribution in [0.5, 0.6) is 0 Å². The molecule has 24 heavy (non-hydrogen) atoms. The Morgan fingerprint density at radius 1 is 1.21 bits per heavy atom. The number of halogens is 5. The minimum atomic E-state index is -4.45. The molecule has 1 saturated heterocycles. The van der Waals surface area contributed by atoms with Crippen LogP contribution in [0.3, 0.4) is 0 Å². The molecule has 2 rings (SSSR count). The highest BCUT2D eigenvalue weighted by Crippen LogP contribution is 2.32. The van der Waals surface area contributed by atoms with E-state index >= 15 is 0 Å². The Morgan fingerprint density at radius 2 is 1.88 bits per heavy atom. The Hall–Kier alpha value is -1.37.